The van der Waals surface area contributed by atoms with Gasteiger partial charge in [0.2, 0.25) is 5.91 Å². The topological polar surface area (TPSA) is 76.2 Å². The van der Waals surface area contributed by atoms with E-state index in [1.807, 2.05) is 17.0 Å². The number of amides is 1. The van der Waals surface area contributed by atoms with Crippen LogP contribution in [0.5, 0.6) is 5.75 Å². The van der Waals surface area contributed by atoms with Crippen molar-refractivity contribution in [1.29, 1.82) is 0 Å². The van der Waals surface area contributed by atoms with Crippen LogP contribution in [-0.4, -0.2) is 38.9 Å². The highest BCUT2D eigenvalue weighted by atomic mass is 79.9. The van der Waals surface area contributed by atoms with Crippen molar-refractivity contribution in [3.63, 3.8) is 0 Å². The summed E-state index contributed by atoms with van der Waals surface area (Å²) in [4.78, 5) is 15.2. The third kappa shape index (κ3) is 2.88. The molecule has 2 atom stereocenters. The highest BCUT2D eigenvalue weighted by Crippen LogP contribution is 2.63. The molecule has 2 aromatic carbocycles. The Kier molecular flexibility index (Phi) is 4.70. The number of methoxy groups -OCH3 is 1. The minimum absolute atomic E-state index is 0.0700. The van der Waals surface area contributed by atoms with E-state index in [1.165, 1.54) is 22.8 Å². The number of hydrogen-bond acceptors (Lipinski definition) is 6. The van der Waals surface area contributed by atoms with Crippen molar-refractivity contribution in [2.45, 2.75) is 48.5 Å². The standard InChI is InChI=1S/C24H23BrN2O5S/c1-31-19-6-2-5-18-22(19)27(32-33(29,30)17-10-8-16(25)9-11-17)20-12-7-15-4-3-13-26-21(28)14-24(18,20)23(15)26/h2,5-6,8-11,20H,3-4,7,12-14H2,1H3/t20-,24-/m1/s1. The smallest absolute Gasteiger partial charge is 0.317 e. The van der Waals surface area contributed by atoms with E-state index in [4.69, 9.17) is 9.02 Å². The quantitative estimate of drug-likeness (QED) is 0.587. The molecule has 2 aromatic rings. The lowest BCUT2D eigenvalue weighted by Crippen LogP contribution is -2.49. The molecule has 9 heteroatoms. The molecule has 1 amide bonds. The summed E-state index contributed by atoms with van der Waals surface area (Å²) in [7, 11) is -2.54. The van der Waals surface area contributed by atoms with Gasteiger partial charge in [-0.2, -0.15) is 8.42 Å². The van der Waals surface area contributed by atoms with E-state index >= 15 is 0 Å². The summed E-state index contributed by atoms with van der Waals surface area (Å²) < 4.78 is 39.0. The molecule has 33 heavy (non-hydrogen) atoms. The van der Waals surface area contributed by atoms with Crippen LogP contribution in [0.1, 0.15) is 37.7 Å². The van der Waals surface area contributed by atoms with Crippen LogP contribution in [-0.2, 0) is 24.6 Å². The predicted molar refractivity (Wildman–Crippen MR) is 125 cm³/mol. The SMILES string of the molecule is COc1cccc2c1N(OS(=O)(=O)c1ccc(Br)cc1)[C@@H]1CCC3=C4N(CCC3)C(=O)C[C@@]421. The van der Waals surface area contributed by atoms with Gasteiger partial charge < -0.3 is 9.64 Å². The van der Waals surface area contributed by atoms with Gasteiger partial charge >= 0.3 is 10.1 Å². The first-order valence-electron chi connectivity index (χ1n) is 11.1. The molecule has 172 valence electrons. The van der Waals surface area contributed by atoms with E-state index in [9.17, 15) is 13.2 Å². The van der Waals surface area contributed by atoms with Crippen molar-refractivity contribution >= 4 is 37.6 Å². The maximum Gasteiger partial charge on any atom is 0.317 e. The summed E-state index contributed by atoms with van der Waals surface area (Å²) in [6.45, 7) is 0.712. The maximum absolute atomic E-state index is 13.3. The zero-order valence-corrected chi connectivity index (χ0v) is 20.5. The number of para-hydroxylation sites is 1. The van der Waals surface area contributed by atoms with Crippen LogP contribution in [0.2, 0.25) is 0 Å². The van der Waals surface area contributed by atoms with Gasteiger partial charge in [-0.3, -0.25) is 4.79 Å². The third-order valence-electron chi connectivity index (χ3n) is 7.39. The highest BCUT2D eigenvalue weighted by Gasteiger charge is 2.64. The maximum atomic E-state index is 13.3. The first-order valence-corrected chi connectivity index (χ1v) is 13.3. The summed E-state index contributed by atoms with van der Waals surface area (Å²) in [6, 6.07) is 11.7. The summed E-state index contributed by atoms with van der Waals surface area (Å²) in [5, 5.41) is 1.51. The Morgan fingerprint density at radius 1 is 1.12 bits per heavy atom. The second kappa shape index (κ2) is 7.32. The van der Waals surface area contributed by atoms with Crippen LogP contribution in [0, 0.1) is 0 Å². The zero-order valence-electron chi connectivity index (χ0n) is 18.1. The van der Waals surface area contributed by atoms with Gasteiger partial charge in [0.05, 0.1) is 23.5 Å². The molecular formula is C24H23BrN2O5S. The van der Waals surface area contributed by atoms with Gasteiger partial charge in [-0.05, 0) is 67.2 Å². The molecule has 1 aliphatic carbocycles. The van der Waals surface area contributed by atoms with Crippen LogP contribution in [0.15, 0.2) is 63.1 Å². The van der Waals surface area contributed by atoms with E-state index in [1.54, 1.807) is 25.3 Å². The summed E-state index contributed by atoms with van der Waals surface area (Å²) in [6.07, 6.45) is 3.78. The molecule has 0 unspecified atom stereocenters. The number of hydrogen-bond donors (Lipinski definition) is 0. The average Bonchev–Trinajstić information content (AvgIpc) is 3.26. The van der Waals surface area contributed by atoms with E-state index in [2.05, 4.69) is 15.9 Å². The Morgan fingerprint density at radius 2 is 1.91 bits per heavy atom. The van der Waals surface area contributed by atoms with Crippen molar-refractivity contribution < 1.29 is 22.2 Å². The van der Waals surface area contributed by atoms with Crippen LogP contribution in [0.4, 0.5) is 5.69 Å². The highest BCUT2D eigenvalue weighted by molar-refractivity contribution is 9.10. The summed E-state index contributed by atoms with van der Waals surface area (Å²) >= 11 is 3.34. The lowest BCUT2D eigenvalue weighted by atomic mass is 9.66. The second-order valence-electron chi connectivity index (χ2n) is 8.97. The fourth-order valence-electron chi connectivity index (χ4n) is 6.16. The van der Waals surface area contributed by atoms with Crippen molar-refractivity contribution in [2.75, 3.05) is 18.7 Å². The number of hydroxylamine groups is 1. The number of ether oxygens (including phenoxy) is 1. The fraction of sp³-hybridized carbons (Fsp3) is 0.375. The Hall–Kier alpha value is -2.36. The van der Waals surface area contributed by atoms with E-state index in [0.29, 0.717) is 30.8 Å². The molecule has 4 aliphatic rings. The molecule has 0 N–H and O–H groups in total. The number of carbonyl (C=O) groups excluding carboxylic acids is 1. The molecule has 0 bridgehead atoms. The average molecular weight is 531 g/mol. The Bertz CT molecular complexity index is 1310. The van der Waals surface area contributed by atoms with Crippen LogP contribution < -0.4 is 9.80 Å². The van der Waals surface area contributed by atoms with Crippen molar-refractivity contribution in [3.8, 4) is 5.75 Å². The number of rotatable bonds is 4. The van der Waals surface area contributed by atoms with Gasteiger partial charge in [0.1, 0.15) is 11.4 Å². The Morgan fingerprint density at radius 3 is 2.67 bits per heavy atom. The van der Waals surface area contributed by atoms with E-state index in [-0.39, 0.29) is 16.8 Å². The number of fused-ring (bicyclic) bond motifs is 1. The minimum Gasteiger partial charge on any atom is -0.494 e. The van der Waals surface area contributed by atoms with Crippen LogP contribution >= 0.6 is 15.9 Å². The molecule has 1 saturated heterocycles. The molecule has 6 rings (SSSR count). The van der Waals surface area contributed by atoms with Crippen molar-refractivity contribution in [2.24, 2.45) is 0 Å². The largest absolute Gasteiger partial charge is 0.494 e. The molecular weight excluding hydrogens is 508 g/mol. The normalized spacial score (nSPS) is 25.8. The van der Waals surface area contributed by atoms with Gasteiger partial charge in [0, 0.05) is 23.1 Å². The molecule has 1 spiro atoms. The third-order valence-corrected chi connectivity index (χ3v) is 9.13. The number of allylic oxidation sites excluding steroid dienone is 1. The molecule has 3 aliphatic heterocycles. The van der Waals surface area contributed by atoms with E-state index < -0.39 is 15.5 Å². The van der Waals surface area contributed by atoms with Gasteiger partial charge in [-0.1, -0.05) is 28.1 Å². The van der Waals surface area contributed by atoms with Crippen molar-refractivity contribution in [3.05, 3.63) is 63.8 Å². The zero-order chi connectivity index (χ0) is 23.0. The molecule has 0 aromatic heterocycles. The number of benzene rings is 2. The number of anilines is 1. The predicted octanol–water partition coefficient (Wildman–Crippen LogP) is 4.28. The fourth-order valence-corrected chi connectivity index (χ4v) is 7.37. The summed E-state index contributed by atoms with van der Waals surface area (Å²) in [5.74, 6) is 0.631. The van der Waals surface area contributed by atoms with Gasteiger partial charge in [-0.25, -0.2) is 5.06 Å². The van der Waals surface area contributed by atoms with E-state index in [0.717, 1.165) is 35.0 Å². The number of halogens is 1. The number of nitrogens with zero attached hydrogens (tertiary/aromatic N) is 2. The minimum atomic E-state index is -4.11. The van der Waals surface area contributed by atoms with Crippen molar-refractivity contribution in [1.82, 2.24) is 4.90 Å². The molecule has 3 heterocycles. The molecule has 7 nitrogen and oxygen atoms in total. The monoisotopic (exact) mass is 530 g/mol. The first kappa shape index (κ1) is 21.2. The summed E-state index contributed by atoms with van der Waals surface area (Å²) in [5.41, 5.74) is 3.26. The molecule has 0 radical (unpaired) electrons. The Labute approximate surface area is 201 Å². The van der Waals surface area contributed by atoms with Crippen LogP contribution in [0.25, 0.3) is 0 Å². The second-order valence-corrected chi connectivity index (χ2v) is 11.4. The van der Waals surface area contributed by atoms with Gasteiger partial charge in [0.25, 0.3) is 0 Å². The van der Waals surface area contributed by atoms with Gasteiger partial charge in [-0.15, -0.1) is 4.28 Å². The molecule has 1 fully saturated rings. The van der Waals surface area contributed by atoms with Crippen LogP contribution in [0.3, 0.4) is 0 Å². The number of carbonyl (C=O) groups is 1. The first-order chi connectivity index (χ1) is 15.9. The molecule has 0 saturated carbocycles. The Balaban J connectivity index is 1.53. The van der Waals surface area contributed by atoms with Gasteiger partial charge in [0.15, 0.2) is 0 Å². The lowest BCUT2D eigenvalue weighted by Gasteiger charge is -2.43. The lowest BCUT2D eigenvalue weighted by molar-refractivity contribution is -0.127.